The number of aliphatic hydroxyl groups excluding tert-OH is 1. The van der Waals surface area contributed by atoms with Gasteiger partial charge in [0.25, 0.3) is 5.98 Å². The molecule has 0 saturated carbocycles. The van der Waals surface area contributed by atoms with Gasteiger partial charge in [0.1, 0.15) is 31.2 Å². The van der Waals surface area contributed by atoms with Crippen molar-refractivity contribution in [1.82, 2.24) is 14.5 Å². The largest absolute Gasteiger partial charge is 0.457 e. The quantitative estimate of drug-likeness (QED) is 0.532. The molecule has 0 saturated heterocycles. The summed E-state index contributed by atoms with van der Waals surface area (Å²) in [5.74, 6) is 1.94. The van der Waals surface area contributed by atoms with E-state index in [1.807, 2.05) is 6.07 Å². The molecule has 1 unspecified atom stereocenters. The van der Waals surface area contributed by atoms with Crippen LogP contribution in [-0.4, -0.2) is 45.9 Å². The van der Waals surface area contributed by atoms with Gasteiger partial charge in [-0.1, -0.05) is 11.6 Å². The fraction of sp³-hybridized carbons (Fsp3) is 0.429. The van der Waals surface area contributed by atoms with Crippen molar-refractivity contribution >= 4 is 36.7 Å². The summed E-state index contributed by atoms with van der Waals surface area (Å²) in [6, 6.07) is 3.69. The second-order valence-corrected chi connectivity index (χ2v) is 6.27. The van der Waals surface area contributed by atoms with Crippen molar-refractivity contribution in [3.63, 3.8) is 0 Å². The first kappa shape index (κ1) is 18.7. The summed E-state index contributed by atoms with van der Waals surface area (Å²) in [6.45, 7) is 0.795. The van der Waals surface area contributed by atoms with Crippen LogP contribution in [0.5, 0.6) is 0 Å². The zero-order valence-electron chi connectivity index (χ0n) is 13.1. The third-order valence-electron chi connectivity index (χ3n) is 2.93. The summed E-state index contributed by atoms with van der Waals surface area (Å²) < 4.78 is 17.8. The van der Waals surface area contributed by atoms with E-state index < -0.39 is 8.00 Å². The van der Waals surface area contributed by atoms with E-state index in [1.54, 1.807) is 10.6 Å². The standard InChI is InChI=1S/C14H17ClN4O4P/c1-21-10-24(22-5-2-3-16)23-6-4-19-13(9-20)18-12-7-11(15)8-17-14(12)19/h7-8,10,20H,2,4-6,9H2,1H3/q+1. The fourth-order valence-electron chi connectivity index (χ4n) is 1.98. The van der Waals surface area contributed by atoms with Gasteiger partial charge in [0, 0.05) is 13.3 Å². The molecule has 0 fully saturated rings. The second-order valence-electron chi connectivity index (χ2n) is 4.54. The van der Waals surface area contributed by atoms with Crippen molar-refractivity contribution in [1.29, 1.82) is 5.26 Å². The molecule has 0 aromatic carbocycles. The number of imidazole rings is 1. The van der Waals surface area contributed by atoms with Crippen molar-refractivity contribution in [3.05, 3.63) is 23.1 Å². The maximum atomic E-state index is 9.46. The topological polar surface area (TPSA) is 102 Å². The zero-order chi connectivity index (χ0) is 17.4. The molecule has 2 heterocycles. The van der Waals surface area contributed by atoms with Crippen molar-refractivity contribution in [2.24, 2.45) is 0 Å². The molecule has 2 rings (SSSR count). The van der Waals surface area contributed by atoms with E-state index in [4.69, 9.17) is 30.6 Å². The van der Waals surface area contributed by atoms with Gasteiger partial charge in [0.2, 0.25) is 0 Å². The van der Waals surface area contributed by atoms with E-state index in [9.17, 15) is 5.11 Å². The van der Waals surface area contributed by atoms with Crippen LogP contribution < -0.4 is 0 Å². The molecule has 0 bridgehead atoms. The lowest BCUT2D eigenvalue weighted by molar-refractivity contribution is 0.243. The third kappa shape index (κ3) is 4.95. The van der Waals surface area contributed by atoms with Gasteiger partial charge >= 0.3 is 8.00 Å². The molecule has 10 heteroatoms. The Morgan fingerprint density at radius 2 is 2.25 bits per heavy atom. The van der Waals surface area contributed by atoms with Crippen molar-refractivity contribution in [2.45, 2.75) is 19.6 Å². The second kappa shape index (κ2) is 9.64. The first-order chi connectivity index (χ1) is 11.7. The number of fused-ring (bicyclic) bond motifs is 1. The first-order valence-electron chi connectivity index (χ1n) is 7.09. The average Bonchev–Trinajstić information content (AvgIpc) is 2.92. The first-order valence-corrected chi connectivity index (χ1v) is 8.71. The van der Waals surface area contributed by atoms with Gasteiger partial charge in [-0.15, -0.1) is 9.05 Å². The van der Waals surface area contributed by atoms with E-state index in [1.165, 1.54) is 19.3 Å². The van der Waals surface area contributed by atoms with Gasteiger partial charge in [-0.3, -0.25) is 0 Å². The minimum absolute atomic E-state index is 0.217. The summed E-state index contributed by atoms with van der Waals surface area (Å²) in [4.78, 5) is 8.55. The Hall–Kier alpha value is -1.59. The van der Waals surface area contributed by atoms with Crippen LogP contribution in [0, 0.1) is 11.3 Å². The molecule has 24 heavy (non-hydrogen) atoms. The summed E-state index contributed by atoms with van der Waals surface area (Å²) in [7, 11) is 0.155. The molecule has 0 aliphatic rings. The van der Waals surface area contributed by atoms with Crippen molar-refractivity contribution in [3.8, 4) is 6.07 Å². The summed E-state index contributed by atoms with van der Waals surface area (Å²) in [6.07, 6.45) is 1.81. The van der Waals surface area contributed by atoms with Gasteiger partial charge in [-0.2, -0.15) is 5.26 Å². The number of methoxy groups -OCH3 is 1. The van der Waals surface area contributed by atoms with Gasteiger partial charge in [0.05, 0.1) is 24.1 Å². The van der Waals surface area contributed by atoms with E-state index >= 15 is 0 Å². The Morgan fingerprint density at radius 3 is 2.96 bits per heavy atom. The maximum Gasteiger partial charge on any atom is 0.457 e. The lowest BCUT2D eigenvalue weighted by atomic mass is 10.4. The highest BCUT2D eigenvalue weighted by Crippen LogP contribution is 2.26. The van der Waals surface area contributed by atoms with E-state index in [2.05, 4.69) is 9.97 Å². The SMILES string of the molecule is COC=[P+](OCCC#N)OCCn1c(CO)nc2cc(Cl)cnc21. The number of halogens is 1. The predicted molar refractivity (Wildman–Crippen MR) is 90.6 cm³/mol. The van der Waals surface area contributed by atoms with Crippen LogP contribution in [0.25, 0.3) is 11.2 Å². The fourth-order valence-corrected chi connectivity index (χ4v) is 3.03. The molecule has 8 nitrogen and oxygen atoms in total. The summed E-state index contributed by atoms with van der Waals surface area (Å²) in [5.41, 5.74) is 1.24. The van der Waals surface area contributed by atoms with Crippen LogP contribution in [0.3, 0.4) is 0 Å². The number of nitriles is 1. The zero-order valence-corrected chi connectivity index (χ0v) is 14.7. The van der Waals surface area contributed by atoms with Crippen LogP contribution in [0.2, 0.25) is 5.02 Å². The predicted octanol–water partition coefficient (Wildman–Crippen LogP) is 2.24. The number of aromatic nitrogens is 3. The molecular formula is C14H17ClN4O4P+. The van der Waals surface area contributed by atoms with Crippen LogP contribution in [0.4, 0.5) is 0 Å². The van der Waals surface area contributed by atoms with Crippen LogP contribution in [0.15, 0.2) is 12.3 Å². The monoisotopic (exact) mass is 371 g/mol. The summed E-state index contributed by atoms with van der Waals surface area (Å²) in [5, 5.41) is 18.5. The molecular weight excluding hydrogens is 355 g/mol. The molecule has 0 radical (unpaired) electrons. The molecule has 2 aromatic heterocycles. The van der Waals surface area contributed by atoms with E-state index in [-0.39, 0.29) is 19.6 Å². The van der Waals surface area contributed by atoms with Gasteiger partial charge in [0.15, 0.2) is 5.65 Å². The highest BCUT2D eigenvalue weighted by molar-refractivity contribution is 7.46. The number of rotatable bonds is 9. The lowest BCUT2D eigenvalue weighted by Crippen LogP contribution is -2.09. The highest BCUT2D eigenvalue weighted by atomic mass is 35.5. The van der Waals surface area contributed by atoms with Crippen LogP contribution >= 0.6 is 19.6 Å². The Labute approximate surface area is 145 Å². The number of ether oxygens (including phenoxy) is 1. The van der Waals surface area contributed by atoms with Gasteiger partial charge < -0.3 is 14.4 Å². The molecule has 0 aliphatic carbocycles. The number of hydrogen-bond acceptors (Lipinski definition) is 7. The van der Waals surface area contributed by atoms with Crippen molar-refractivity contribution in [2.75, 3.05) is 20.3 Å². The smallest absolute Gasteiger partial charge is 0.388 e. The van der Waals surface area contributed by atoms with Gasteiger partial charge in [-0.05, 0) is 6.07 Å². The Balaban J connectivity index is 2.04. The maximum absolute atomic E-state index is 9.46. The Kier molecular flexibility index (Phi) is 7.53. The normalized spacial score (nSPS) is 11.8. The minimum Gasteiger partial charge on any atom is -0.388 e. The number of hydrogen-bond donors (Lipinski definition) is 1. The number of pyridine rings is 1. The Bertz CT molecular complexity index is 759. The van der Waals surface area contributed by atoms with Gasteiger partial charge in [-0.25, -0.2) is 9.97 Å². The average molecular weight is 372 g/mol. The van der Waals surface area contributed by atoms with Crippen molar-refractivity contribution < 1.29 is 18.9 Å². The molecule has 2 aromatic rings. The van der Waals surface area contributed by atoms with Crippen LogP contribution in [-0.2, 0) is 26.9 Å². The highest BCUT2D eigenvalue weighted by Gasteiger charge is 2.17. The number of aliphatic hydroxyl groups is 1. The molecule has 0 amide bonds. The molecule has 1 atom stereocenters. The third-order valence-corrected chi connectivity index (χ3v) is 4.39. The molecule has 128 valence electrons. The molecule has 1 N–H and O–H groups in total. The summed E-state index contributed by atoms with van der Waals surface area (Å²) >= 11 is 5.91. The molecule has 0 aliphatic heterocycles. The van der Waals surface area contributed by atoms with E-state index in [0.29, 0.717) is 35.2 Å². The number of nitrogens with zero attached hydrogens (tertiary/aromatic N) is 4. The van der Waals surface area contributed by atoms with Crippen LogP contribution in [0.1, 0.15) is 12.2 Å². The Morgan fingerprint density at radius 1 is 1.46 bits per heavy atom. The minimum atomic E-state index is -1.35. The molecule has 0 spiro atoms. The van der Waals surface area contributed by atoms with E-state index in [0.717, 1.165) is 0 Å². The lowest BCUT2D eigenvalue weighted by Gasteiger charge is -2.05.